The molecule has 0 radical (unpaired) electrons. The Morgan fingerprint density at radius 2 is 2.00 bits per heavy atom. The fraction of sp³-hybridized carbons (Fsp3) is 0.500. The molecular weight excluding hydrogens is 435 g/mol. The molecule has 31 heavy (non-hydrogen) atoms. The average molecular weight is 458 g/mol. The smallest absolute Gasteiger partial charge is 0.417 e. The Bertz CT molecular complexity index is 964. The van der Waals surface area contributed by atoms with Gasteiger partial charge in [0.15, 0.2) is 0 Å². The van der Waals surface area contributed by atoms with Crippen LogP contribution >= 0.6 is 11.6 Å². The number of aromatic nitrogens is 3. The number of hydrogen-bond donors (Lipinski definition) is 2. The third-order valence-electron chi connectivity index (χ3n) is 4.61. The minimum atomic E-state index is -4.54. The molecular formula is C20H23ClF3N5O2. The molecule has 2 aromatic heterocycles. The molecule has 0 atom stereocenters. The van der Waals surface area contributed by atoms with Crippen LogP contribution in [0.15, 0.2) is 18.3 Å². The van der Waals surface area contributed by atoms with Crippen LogP contribution in [-0.2, 0) is 6.18 Å². The van der Waals surface area contributed by atoms with Gasteiger partial charge >= 0.3 is 6.18 Å². The Morgan fingerprint density at radius 1 is 1.29 bits per heavy atom. The van der Waals surface area contributed by atoms with Crippen LogP contribution in [0.5, 0.6) is 5.88 Å². The summed E-state index contributed by atoms with van der Waals surface area (Å²) in [5.74, 6) is 0.263. The summed E-state index contributed by atoms with van der Waals surface area (Å²) in [4.78, 5) is 24.9. The standard InChI is InChI=1S/C20H23ClF3N5O2/c1-11(2)8-26-18-27-12(3)6-15(28-18)16(30)29-19(4-5-19)10-31-17-14(21)7-13(9-25-17)20(22,23)24/h6-7,9,11H,4-5,8,10H2,1-3H3,(H,29,30)(H,26,27,28). The number of pyridine rings is 1. The summed E-state index contributed by atoms with van der Waals surface area (Å²) in [7, 11) is 0. The van der Waals surface area contributed by atoms with Crippen molar-refractivity contribution in [3.63, 3.8) is 0 Å². The summed E-state index contributed by atoms with van der Waals surface area (Å²) in [6.45, 7) is 6.56. The van der Waals surface area contributed by atoms with Crippen molar-refractivity contribution < 1.29 is 22.7 Å². The molecule has 1 aliphatic rings. The highest BCUT2D eigenvalue weighted by Crippen LogP contribution is 2.38. The van der Waals surface area contributed by atoms with Crippen molar-refractivity contribution in [3.8, 4) is 5.88 Å². The van der Waals surface area contributed by atoms with Crippen molar-refractivity contribution in [2.24, 2.45) is 5.92 Å². The fourth-order valence-corrected chi connectivity index (χ4v) is 2.93. The van der Waals surface area contributed by atoms with E-state index in [1.54, 1.807) is 13.0 Å². The van der Waals surface area contributed by atoms with Gasteiger partial charge < -0.3 is 15.4 Å². The van der Waals surface area contributed by atoms with Gasteiger partial charge in [-0.25, -0.2) is 15.0 Å². The summed E-state index contributed by atoms with van der Waals surface area (Å²) in [6.07, 6.45) is -2.58. The molecule has 1 aliphatic carbocycles. The van der Waals surface area contributed by atoms with Crippen LogP contribution in [0.3, 0.4) is 0 Å². The Labute approximate surface area is 182 Å². The Hall–Kier alpha value is -2.62. The molecule has 1 amide bonds. The number of amides is 1. The molecule has 2 N–H and O–H groups in total. The van der Waals surface area contributed by atoms with E-state index >= 15 is 0 Å². The molecule has 1 saturated carbocycles. The van der Waals surface area contributed by atoms with Gasteiger partial charge in [0.1, 0.15) is 17.3 Å². The number of alkyl halides is 3. The minimum absolute atomic E-state index is 0.0271. The Balaban J connectivity index is 1.63. The molecule has 168 valence electrons. The number of hydrogen-bond acceptors (Lipinski definition) is 6. The van der Waals surface area contributed by atoms with Gasteiger partial charge in [0.05, 0.1) is 11.1 Å². The third kappa shape index (κ3) is 6.19. The number of rotatable bonds is 8. The zero-order chi connectivity index (χ0) is 22.8. The minimum Gasteiger partial charge on any atom is -0.474 e. The van der Waals surface area contributed by atoms with Crippen molar-refractivity contribution in [1.82, 2.24) is 20.3 Å². The predicted octanol–water partition coefficient (Wildman–Crippen LogP) is 4.26. The summed E-state index contributed by atoms with van der Waals surface area (Å²) >= 11 is 5.87. The molecule has 2 heterocycles. The molecule has 0 bridgehead atoms. The second kappa shape index (κ2) is 8.86. The molecule has 0 unspecified atom stereocenters. The van der Waals surface area contributed by atoms with E-state index in [1.165, 1.54) is 0 Å². The quantitative estimate of drug-likeness (QED) is 0.615. The maximum atomic E-state index is 12.7. The van der Waals surface area contributed by atoms with E-state index in [2.05, 4.69) is 25.6 Å². The first-order valence-electron chi connectivity index (χ1n) is 9.75. The lowest BCUT2D eigenvalue weighted by Crippen LogP contribution is -2.41. The van der Waals surface area contributed by atoms with Gasteiger partial charge in [0, 0.05) is 18.4 Å². The van der Waals surface area contributed by atoms with E-state index < -0.39 is 17.3 Å². The Kier molecular flexibility index (Phi) is 6.59. The highest BCUT2D eigenvalue weighted by Gasteiger charge is 2.45. The lowest BCUT2D eigenvalue weighted by molar-refractivity contribution is -0.137. The van der Waals surface area contributed by atoms with Gasteiger partial charge in [-0.15, -0.1) is 0 Å². The zero-order valence-electron chi connectivity index (χ0n) is 17.3. The van der Waals surface area contributed by atoms with Gasteiger partial charge in [-0.05, 0) is 37.8 Å². The average Bonchev–Trinajstić information content (AvgIpc) is 3.43. The fourth-order valence-electron chi connectivity index (χ4n) is 2.71. The number of halogens is 4. The third-order valence-corrected chi connectivity index (χ3v) is 4.88. The lowest BCUT2D eigenvalue weighted by atomic mass is 10.2. The Morgan fingerprint density at radius 3 is 2.58 bits per heavy atom. The van der Waals surface area contributed by atoms with E-state index in [9.17, 15) is 18.0 Å². The number of anilines is 1. The van der Waals surface area contributed by atoms with E-state index in [0.717, 1.165) is 6.07 Å². The predicted molar refractivity (Wildman–Crippen MR) is 109 cm³/mol. The molecule has 7 nitrogen and oxygen atoms in total. The first-order chi connectivity index (χ1) is 14.5. The van der Waals surface area contributed by atoms with E-state index in [-0.39, 0.29) is 29.1 Å². The summed E-state index contributed by atoms with van der Waals surface area (Å²) < 4.78 is 43.7. The molecule has 0 saturated heterocycles. The van der Waals surface area contributed by atoms with Crippen molar-refractivity contribution in [3.05, 3.63) is 40.3 Å². The maximum Gasteiger partial charge on any atom is 0.417 e. The van der Waals surface area contributed by atoms with Crippen molar-refractivity contribution in [1.29, 1.82) is 0 Å². The van der Waals surface area contributed by atoms with Crippen LogP contribution in [0.25, 0.3) is 0 Å². The first kappa shape index (κ1) is 23.1. The number of carbonyl (C=O) groups is 1. The zero-order valence-corrected chi connectivity index (χ0v) is 18.1. The van der Waals surface area contributed by atoms with E-state index in [0.29, 0.717) is 43.1 Å². The molecule has 0 spiro atoms. The van der Waals surface area contributed by atoms with Crippen LogP contribution in [0.2, 0.25) is 5.02 Å². The second-order valence-corrected chi connectivity index (χ2v) is 8.43. The van der Waals surface area contributed by atoms with Crippen molar-refractivity contribution in [2.75, 3.05) is 18.5 Å². The molecule has 3 rings (SSSR count). The molecule has 1 fully saturated rings. The highest BCUT2D eigenvalue weighted by atomic mass is 35.5. The SMILES string of the molecule is Cc1cc(C(=O)NC2(COc3ncc(C(F)(F)F)cc3Cl)CC2)nc(NCC(C)C)n1. The molecule has 2 aromatic rings. The summed E-state index contributed by atoms with van der Waals surface area (Å²) in [5.41, 5.74) is -0.737. The number of ether oxygens (including phenoxy) is 1. The summed E-state index contributed by atoms with van der Waals surface area (Å²) in [6, 6.07) is 2.35. The largest absolute Gasteiger partial charge is 0.474 e. The van der Waals surface area contributed by atoms with Gasteiger partial charge in [-0.2, -0.15) is 13.2 Å². The maximum absolute atomic E-state index is 12.7. The second-order valence-electron chi connectivity index (χ2n) is 8.02. The van der Waals surface area contributed by atoms with Crippen LogP contribution < -0.4 is 15.4 Å². The normalized spacial score (nSPS) is 15.0. The molecule has 0 aromatic carbocycles. The van der Waals surface area contributed by atoms with Crippen molar-refractivity contribution >= 4 is 23.5 Å². The van der Waals surface area contributed by atoms with Crippen LogP contribution in [0.1, 0.15) is 48.4 Å². The van der Waals surface area contributed by atoms with Crippen LogP contribution in [0, 0.1) is 12.8 Å². The van der Waals surface area contributed by atoms with Gasteiger partial charge in [-0.1, -0.05) is 25.4 Å². The number of nitrogens with one attached hydrogen (secondary N) is 2. The van der Waals surface area contributed by atoms with Crippen molar-refractivity contribution in [2.45, 2.75) is 45.3 Å². The monoisotopic (exact) mass is 457 g/mol. The number of nitrogens with zero attached hydrogens (tertiary/aromatic N) is 3. The number of aryl methyl sites for hydroxylation is 1. The summed E-state index contributed by atoms with van der Waals surface area (Å²) in [5, 5.41) is 5.75. The molecule has 11 heteroatoms. The van der Waals surface area contributed by atoms with E-state index in [4.69, 9.17) is 16.3 Å². The van der Waals surface area contributed by atoms with Gasteiger partial charge in [0.2, 0.25) is 11.8 Å². The van der Waals surface area contributed by atoms with Crippen LogP contribution in [-0.4, -0.2) is 39.5 Å². The number of carbonyl (C=O) groups excluding carboxylic acids is 1. The first-order valence-corrected chi connectivity index (χ1v) is 10.1. The molecule has 0 aliphatic heterocycles. The van der Waals surface area contributed by atoms with Crippen LogP contribution in [0.4, 0.5) is 19.1 Å². The van der Waals surface area contributed by atoms with E-state index in [1.807, 2.05) is 13.8 Å². The highest BCUT2D eigenvalue weighted by molar-refractivity contribution is 6.31. The lowest BCUT2D eigenvalue weighted by Gasteiger charge is -2.19. The van der Waals surface area contributed by atoms with Gasteiger partial charge in [0.25, 0.3) is 5.91 Å². The topological polar surface area (TPSA) is 89.0 Å². The van der Waals surface area contributed by atoms with Gasteiger partial charge in [-0.3, -0.25) is 4.79 Å².